The fourth-order valence-corrected chi connectivity index (χ4v) is 2.41. The molecular weight excluding hydrogens is 356 g/mol. The van der Waals surface area contributed by atoms with Crippen LogP contribution in [0.4, 0.5) is 10.5 Å². The van der Waals surface area contributed by atoms with Gasteiger partial charge >= 0.3 is 12.0 Å². The Bertz CT molecular complexity index is 475. The number of carboxylic acid groups (broad SMARTS) is 1. The molecule has 0 heterocycles. The van der Waals surface area contributed by atoms with Crippen molar-refractivity contribution in [3.8, 4) is 0 Å². The fourth-order valence-electron chi connectivity index (χ4n) is 1.09. The molecule has 17 heavy (non-hydrogen) atoms. The maximum absolute atomic E-state index is 11.5. The van der Waals surface area contributed by atoms with E-state index in [1.807, 2.05) is 0 Å². The van der Waals surface area contributed by atoms with Gasteiger partial charge in [-0.1, -0.05) is 15.9 Å². The number of carbonyl (C=O) groups is 2. The highest BCUT2D eigenvalue weighted by Gasteiger charge is 2.17. The zero-order chi connectivity index (χ0) is 13.2. The Hall–Kier alpha value is -1.08. The third-order valence-electron chi connectivity index (χ3n) is 1.92. The lowest BCUT2D eigenvalue weighted by Gasteiger charge is -2.15. The van der Waals surface area contributed by atoms with E-state index in [0.29, 0.717) is 8.95 Å². The molecule has 1 aromatic rings. The second-order valence-corrected chi connectivity index (χ2v) is 5.21. The minimum absolute atomic E-state index is 0.0152. The molecule has 0 saturated heterocycles. The van der Waals surface area contributed by atoms with Crippen LogP contribution in [0.5, 0.6) is 0 Å². The maximum atomic E-state index is 11.5. The Morgan fingerprint density at radius 3 is 2.35 bits per heavy atom. The Labute approximate surface area is 115 Å². The Morgan fingerprint density at radius 1 is 1.29 bits per heavy atom. The van der Waals surface area contributed by atoms with Crippen LogP contribution in [0.1, 0.15) is 10.4 Å². The number of halogens is 2. The first-order valence-corrected chi connectivity index (χ1v) is 6.12. The van der Waals surface area contributed by atoms with Gasteiger partial charge in [0.25, 0.3) is 0 Å². The van der Waals surface area contributed by atoms with E-state index in [1.165, 1.54) is 11.0 Å². The third kappa shape index (κ3) is 3.44. The molecule has 2 amide bonds. The highest BCUT2D eigenvalue weighted by atomic mass is 79.9. The summed E-state index contributed by atoms with van der Waals surface area (Å²) in [6, 6.07) is 2.70. The molecule has 7 heteroatoms. The highest BCUT2D eigenvalue weighted by molar-refractivity contribution is 9.11. The lowest BCUT2D eigenvalue weighted by Crippen LogP contribution is -2.28. The molecule has 0 unspecified atom stereocenters. The zero-order valence-corrected chi connectivity index (χ0v) is 12.3. The minimum Gasteiger partial charge on any atom is -0.478 e. The summed E-state index contributed by atoms with van der Waals surface area (Å²) in [4.78, 5) is 23.9. The SMILES string of the molecule is CN(C)C(=O)Nc1c(Br)cc(Br)cc1C(=O)O. The summed E-state index contributed by atoms with van der Waals surface area (Å²) in [5.41, 5.74) is 0.251. The lowest BCUT2D eigenvalue weighted by atomic mass is 10.2. The van der Waals surface area contributed by atoms with Crippen molar-refractivity contribution in [2.45, 2.75) is 0 Å². The number of benzene rings is 1. The van der Waals surface area contributed by atoms with E-state index in [1.54, 1.807) is 20.2 Å². The largest absolute Gasteiger partial charge is 0.478 e. The van der Waals surface area contributed by atoms with Gasteiger partial charge in [-0.3, -0.25) is 0 Å². The molecule has 0 atom stereocenters. The van der Waals surface area contributed by atoms with Gasteiger partial charge in [0.1, 0.15) is 0 Å². The van der Waals surface area contributed by atoms with E-state index >= 15 is 0 Å². The average Bonchev–Trinajstić information content (AvgIpc) is 2.20. The van der Waals surface area contributed by atoms with Crippen LogP contribution in [0, 0.1) is 0 Å². The molecule has 0 aliphatic rings. The molecule has 0 fully saturated rings. The Balaban J connectivity index is 3.22. The van der Waals surface area contributed by atoms with E-state index in [-0.39, 0.29) is 11.3 Å². The van der Waals surface area contributed by atoms with Crippen molar-refractivity contribution in [2.24, 2.45) is 0 Å². The molecule has 0 aliphatic heterocycles. The second kappa shape index (κ2) is 5.50. The van der Waals surface area contributed by atoms with E-state index in [2.05, 4.69) is 37.2 Å². The number of carbonyl (C=O) groups excluding carboxylic acids is 1. The smallest absolute Gasteiger partial charge is 0.337 e. The third-order valence-corrected chi connectivity index (χ3v) is 3.01. The van der Waals surface area contributed by atoms with Crippen LogP contribution in [0.2, 0.25) is 0 Å². The summed E-state index contributed by atoms with van der Waals surface area (Å²) in [6.07, 6.45) is 0. The number of hydrogen-bond donors (Lipinski definition) is 2. The predicted molar refractivity (Wildman–Crippen MR) is 71.5 cm³/mol. The molecule has 0 spiro atoms. The first kappa shape index (κ1) is 14.0. The summed E-state index contributed by atoms with van der Waals surface area (Å²) < 4.78 is 1.11. The standard InChI is InChI=1S/C10H10Br2N2O3/c1-14(2)10(17)13-8-6(9(15)16)3-5(11)4-7(8)12/h3-4H,1-2H3,(H,13,17)(H,15,16). The number of aromatic carboxylic acids is 1. The number of rotatable bonds is 2. The maximum Gasteiger partial charge on any atom is 0.337 e. The van der Waals surface area contributed by atoms with Crippen molar-refractivity contribution in [1.29, 1.82) is 0 Å². The zero-order valence-electron chi connectivity index (χ0n) is 9.12. The number of urea groups is 1. The first-order chi connectivity index (χ1) is 7.82. The van der Waals surface area contributed by atoms with Crippen molar-refractivity contribution in [1.82, 2.24) is 4.90 Å². The Morgan fingerprint density at radius 2 is 1.88 bits per heavy atom. The lowest BCUT2D eigenvalue weighted by molar-refractivity contribution is 0.0698. The van der Waals surface area contributed by atoms with Crippen molar-refractivity contribution >= 4 is 49.5 Å². The molecule has 92 valence electrons. The minimum atomic E-state index is -1.11. The summed E-state index contributed by atoms with van der Waals surface area (Å²) in [6.45, 7) is 0. The van der Waals surface area contributed by atoms with Gasteiger partial charge in [0.2, 0.25) is 0 Å². The highest BCUT2D eigenvalue weighted by Crippen LogP contribution is 2.31. The number of anilines is 1. The summed E-state index contributed by atoms with van der Waals surface area (Å²) >= 11 is 6.41. The van der Waals surface area contributed by atoms with E-state index in [9.17, 15) is 9.59 Å². The van der Waals surface area contributed by atoms with Crippen LogP contribution >= 0.6 is 31.9 Å². The molecule has 1 rings (SSSR count). The number of carboxylic acids is 1. The second-order valence-electron chi connectivity index (χ2n) is 3.44. The van der Waals surface area contributed by atoms with E-state index < -0.39 is 12.0 Å². The quantitative estimate of drug-likeness (QED) is 0.846. The van der Waals surface area contributed by atoms with Crippen LogP contribution < -0.4 is 5.32 Å². The van der Waals surface area contributed by atoms with Crippen LogP contribution in [-0.4, -0.2) is 36.1 Å². The molecule has 1 aromatic carbocycles. The summed E-state index contributed by atoms with van der Waals surface area (Å²) in [5.74, 6) is -1.11. The van der Waals surface area contributed by atoms with Crippen LogP contribution in [0.15, 0.2) is 21.1 Å². The fraction of sp³-hybridized carbons (Fsp3) is 0.200. The van der Waals surface area contributed by atoms with Gasteiger partial charge in [-0.25, -0.2) is 9.59 Å². The molecule has 0 aliphatic carbocycles. The van der Waals surface area contributed by atoms with Gasteiger partial charge in [0.05, 0.1) is 11.3 Å². The van der Waals surface area contributed by atoms with Gasteiger partial charge < -0.3 is 15.3 Å². The van der Waals surface area contributed by atoms with Crippen molar-refractivity contribution in [3.63, 3.8) is 0 Å². The molecule has 0 bridgehead atoms. The molecule has 0 saturated carbocycles. The number of hydrogen-bond acceptors (Lipinski definition) is 2. The van der Waals surface area contributed by atoms with E-state index in [4.69, 9.17) is 5.11 Å². The summed E-state index contributed by atoms with van der Waals surface area (Å²) in [7, 11) is 3.14. The van der Waals surface area contributed by atoms with Crippen LogP contribution in [0.3, 0.4) is 0 Å². The molecule has 0 radical (unpaired) electrons. The number of nitrogens with one attached hydrogen (secondary N) is 1. The van der Waals surface area contributed by atoms with Crippen LogP contribution in [0.25, 0.3) is 0 Å². The molecular formula is C10H10Br2N2O3. The number of nitrogens with zero attached hydrogens (tertiary/aromatic N) is 1. The van der Waals surface area contributed by atoms with Gasteiger partial charge in [-0.05, 0) is 28.1 Å². The normalized spacial score (nSPS) is 9.88. The average molecular weight is 366 g/mol. The van der Waals surface area contributed by atoms with Crippen molar-refractivity contribution < 1.29 is 14.7 Å². The molecule has 2 N–H and O–H groups in total. The Kier molecular flexibility index (Phi) is 4.53. The topological polar surface area (TPSA) is 69.6 Å². The van der Waals surface area contributed by atoms with Crippen molar-refractivity contribution in [2.75, 3.05) is 19.4 Å². The van der Waals surface area contributed by atoms with Gasteiger partial charge in [-0.2, -0.15) is 0 Å². The predicted octanol–water partition coefficient (Wildman–Crippen LogP) is 3.00. The van der Waals surface area contributed by atoms with Gasteiger partial charge in [0.15, 0.2) is 0 Å². The first-order valence-electron chi connectivity index (χ1n) is 4.53. The van der Waals surface area contributed by atoms with Crippen LogP contribution in [-0.2, 0) is 0 Å². The van der Waals surface area contributed by atoms with Gasteiger partial charge in [0, 0.05) is 23.0 Å². The molecule has 0 aromatic heterocycles. The van der Waals surface area contributed by atoms with Gasteiger partial charge in [-0.15, -0.1) is 0 Å². The molecule has 5 nitrogen and oxygen atoms in total. The van der Waals surface area contributed by atoms with Crippen molar-refractivity contribution in [3.05, 3.63) is 26.6 Å². The number of amides is 2. The monoisotopic (exact) mass is 364 g/mol. The summed E-state index contributed by atoms with van der Waals surface area (Å²) in [5, 5.41) is 11.6. The van der Waals surface area contributed by atoms with E-state index in [0.717, 1.165) is 0 Å².